The molecule has 0 unspecified atom stereocenters. The Hall–Kier alpha value is -6.54. The van der Waals surface area contributed by atoms with E-state index in [4.69, 9.17) is 18.9 Å². The molecule has 2 heterocycles. The number of benzene rings is 6. The predicted molar refractivity (Wildman–Crippen MR) is 210 cm³/mol. The summed E-state index contributed by atoms with van der Waals surface area (Å²) in [5.74, 6) is 1.70. The van der Waals surface area contributed by atoms with Crippen LogP contribution in [-0.4, -0.2) is 60.1 Å². The van der Waals surface area contributed by atoms with Gasteiger partial charge in [-0.15, -0.1) is 0 Å². The molecule has 6 aromatic carbocycles. The molecule has 0 bridgehead atoms. The van der Waals surface area contributed by atoms with Crippen molar-refractivity contribution in [2.24, 2.45) is 0 Å². The van der Waals surface area contributed by atoms with Crippen molar-refractivity contribution >= 4 is 33.4 Å². The van der Waals surface area contributed by atoms with Gasteiger partial charge in [0.2, 0.25) is 12.2 Å². The van der Waals surface area contributed by atoms with Gasteiger partial charge in [0.15, 0.2) is 23.0 Å². The minimum Gasteiger partial charge on any atom is -0.486 e. The first kappa shape index (κ1) is 34.5. The fraction of sp³-hybridized carbons (Fsp3) is 0.174. The summed E-state index contributed by atoms with van der Waals surface area (Å²) in [5, 5.41) is 4.33. The molecule has 0 aliphatic carbocycles. The zero-order chi connectivity index (χ0) is 37.0. The Morgan fingerprint density at radius 1 is 0.481 bits per heavy atom. The quantitative estimate of drug-likeness (QED) is 0.0784. The zero-order valence-corrected chi connectivity index (χ0v) is 29.8. The molecule has 4 atom stereocenters. The van der Waals surface area contributed by atoms with E-state index in [9.17, 15) is 9.59 Å². The van der Waals surface area contributed by atoms with Gasteiger partial charge in [-0.2, -0.15) is 0 Å². The number of amides is 2. The van der Waals surface area contributed by atoms with Gasteiger partial charge in [-0.3, -0.25) is 9.59 Å². The lowest BCUT2D eigenvalue weighted by Crippen LogP contribution is -2.66. The Morgan fingerprint density at radius 3 is 1.26 bits per heavy atom. The monoisotopic (exact) mass is 716 g/mol. The van der Waals surface area contributed by atoms with E-state index in [0.717, 1.165) is 32.7 Å². The first-order valence-corrected chi connectivity index (χ1v) is 18.1. The summed E-state index contributed by atoms with van der Waals surface area (Å²) in [6.45, 7) is 8.71. The van der Waals surface area contributed by atoms with Crippen molar-refractivity contribution in [3.63, 3.8) is 0 Å². The number of carbonyl (C=O) groups excluding carboxylic acids is 2. The van der Waals surface area contributed by atoms with Crippen molar-refractivity contribution in [3.05, 3.63) is 170 Å². The minimum atomic E-state index is -0.786. The van der Waals surface area contributed by atoms with Gasteiger partial charge in [-0.25, -0.2) is 0 Å². The van der Waals surface area contributed by atoms with Crippen LogP contribution < -0.4 is 18.9 Å². The number of likely N-dealkylation sites (tertiary alicyclic amines) is 2. The number of para-hydroxylation sites is 4. The highest BCUT2D eigenvalue weighted by molar-refractivity contribution is 5.92. The standard InChI is InChI=1S/C46H40N2O6/c1-3-27-51-37-17-9-11-19-39(37)53-43-41(35-23-21-31-13-5-7-15-33(31)29-35)47(45(43)49)25-26-48-42(36-24-22-32-14-6-8-16-34(32)30-36)44(46(48)50)54-40-20-12-10-18-38(40)52-28-4-2/h3-24,29-30,41-44H,1-2,25-28H2/t41-,42+,43+,44-. The van der Waals surface area contributed by atoms with Gasteiger partial charge < -0.3 is 28.7 Å². The molecule has 270 valence electrons. The molecule has 2 aliphatic heterocycles. The first-order chi connectivity index (χ1) is 26.5. The van der Waals surface area contributed by atoms with Crippen LogP contribution in [0.4, 0.5) is 0 Å². The van der Waals surface area contributed by atoms with E-state index in [1.807, 2.05) is 72.8 Å². The van der Waals surface area contributed by atoms with Crippen molar-refractivity contribution in [1.29, 1.82) is 0 Å². The smallest absolute Gasteiger partial charge is 0.266 e. The number of hydrogen-bond donors (Lipinski definition) is 0. The van der Waals surface area contributed by atoms with Crippen LogP contribution in [0.15, 0.2) is 159 Å². The zero-order valence-electron chi connectivity index (χ0n) is 29.8. The molecule has 8 nitrogen and oxygen atoms in total. The van der Waals surface area contributed by atoms with Crippen molar-refractivity contribution in [1.82, 2.24) is 9.80 Å². The lowest BCUT2D eigenvalue weighted by Gasteiger charge is -2.50. The van der Waals surface area contributed by atoms with Crippen molar-refractivity contribution < 1.29 is 28.5 Å². The van der Waals surface area contributed by atoms with E-state index in [2.05, 4.69) is 61.7 Å². The molecule has 2 aliphatic rings. The van der Waals surface area contributed by atoms with E-state index in [1.165, 1.54) is 0 Å². The predicted octanol–water partition coefficient (Wildman–Crippen LogP) is 8.48. The third-order valence-electron chi connectivity index (χ3n) is 10.0. The van der Waals surface area contributed by atoms with E-state index in [1.54, 1.807) is 34.1 Å². The summed E-state index contributed by atoms with van der Waals surface area (Å²) in [7, 11) is 0. The maximum Gasteiger partial charge on any atom is 0.266 e. The first-order valence-electron chi connectivity index (χ1n) is 18.1. The highest BCUT2D eigenvalue weighted by Crippen LogP contribution is 2.43. The molecular weight excluding hydrogens is 677 g/mol. The SMILES string of the molecule is C=CCOc1ccccc1O[C@@H]1C(=O)N(CCN2C(=O)[C@H](Oc3ccccc3OCC=C)[C@@H]2c2ccc3ccccc3c2)[C@@H]1c1ccc2ccccc2c1. The van der Waals surface area contributed by atoms with Crippen LogP contribution >= 0.6 is 0 Å². The summed E-state index contributed by atoms with van der Waals surface area (Å²) < 4.78 is 24.6. The summed E-state index contributed by atoms with van der Waals surface area (Å²) in [4.78, 5) is 31.7. The number of rotatable bonds is 15. The maximum atomic E-state index is 14.1. The van der Waals surface area contributed by atoms with Gasteiger partial charge in [-0.1, -0.05) is 122 Å². The van der Waals surface area contributed by atoms with Crippen LogP contribution in [0.1, 0.15) is 23.2 Å². The number of hydrogen-bond acceptors (Lipinski definition) is 6. The van der Waals surface area contributed by atoms with Crippen LogP contribution in [0.5, 0.6) is 23.0 Å². The van der Waals surface area contributed by atoms with E-state index >= 15 is 0 Å². The molecule has 6 aromatic rings. The maximum absolute atomic E-state index is 14.1. The van der Waals surface area contributed by atoms with Crippen molar-refractivity contribution in [3.8, 4) is 23.0 Å². The third kappa shape index (κ3) is 6.63. The van der Waals surface area contributed by atoms with E-state index < -0.39 is 24.3 Å². The summed E-state index contributed by atoms with van der Waals surface area (Å²) in [6.07, 6.45) is 1.76. The number of nitrogens with zero attached hydrogens (tertiary/aromatic N) is 2. The average molecular weight is 717 g/mol. The average Bonchev–Trinajstić information content (AvgIpc) is 3.22. The third-order valence-corrected chi connectivity index (χ3v) is 10.0. The van der Waals surface area contributed by atoms with Crippen LogP contribution in [-0.2, 0) is 9.59 Å². The second-order valence-electron chi connectivity index (χ2n) is 13.3. The largest absolute Gasteiger partial charge is 0.486 e. The summed E-state index contributed by atoms with van der Waals surface area (Å²) in [6, 6.07) is 42.6. The van der Waals surface area contributed by atoms with Gasteiger partial charge in [0.05, 0.1) is 0 Å². The fourth-order valence-electron chi connectivity index (χ4n) is 7.38. The van der Waals surface area contributed by atoms with Gasteiger partial charge in [0.25, 0.3) is 11.8 Å². The number of fused-ring (bicyclic) bond motifs is 2. The van der Waals surface area contributed by atoms with Crippen LogP contribution in [0.25, 0.3) is 21.5 Å². The van der Waals surface area contributed by atoms with Crippen molar-refractivity contribution in [2.45, 2.75) is 24.3 Å². The molecule has 8 heteroatoms. The number of β-lactam (4-membered cyclic amide) rings is 2. The van der Waals surface area contributed by atoms with Crippen LogP contribution in [0.2, 0.25) is 0 Å². The molecule has 2 amide bonds. The Labute approximate surface area is 314 Å². The van der Waals surface area contributed by atoms with Gasteiger partial charge in [0.1, 0.15) is 25.3 Å². The molecule has 0 saturated carbocycles. The minimum absolute atomic E-state index is 0.164. The molecule has 0 spiro atoms. The normalized spacial score (nSPS) is 19.2. The number of carbonyl (C=O) groups is 2. The lowest BCUT2D eigenvalue weighted by atomic mass is 9.87. The highest BCUT2D eigenvalue weighted by atomic mass is 16.5. The summed E-state index contributed by atoms with van der Waals surface area (Å²) >= 11 is 0. The Bertz CT molecular complexity index is 2190. The van der Waals surface area contributed by atoms with Gasteiger partial charge in [0, 0.05) is 13.1 Å². The fourth-order valence-corrected chi connectivity index (χ4v) is 7.38. The molecule has 2 fully saturated rings. The molecule has 0 radical (unpaired) electrons. The highest BCUT2D eigenvalue weighted by Gasteiger charge is 2.53. The second kappa shape index (κ2) is 15.2. The Morgan fingerprint density at radius 2 is 0.852 bits per heavy atom. The molecule has 0 aromatic heterocycles. The van der Waals surface area contributed by atoms with E-state index in [-0.39, 0.29) is 11.8 Å². The molecule has 54 heavy (non-hydrogen) atoms. The van der Waals surface area contributed by atoms with Gasteiger partial charge >= 0.3 is 0 Å². The molecule has 0 N–H and O–H groups in total. The Kier molecular flexibility index (Phi) is 9.73. The second-order valence-corrected chi connectivity index (χ2v) is 13.3. The number of ether oxygens (including phenoxy) is 4. The van der Waals surface area contributed by atoms with Crippen LogP contribution in [0, 0.1) is 0 Å². The summed E-state index contributed by atoms with van der Waals surface area (Å²) in [5.41, 5.74) is 1.89. The van der Waals surface area contributed by atoms with Gasteiger partial charge in [-0.05, 0) is 69.1 Å². The van der Waals surface area contributed by atoms with Crippen LogP contribution in [0.3, 0.4) is 0 Å². The molecular formula is C46H40N2O6. The topological polar surface area (TPSA) is 77.5 Å². The Balaban J connectivity index is 1.08. The van der Waals surface area contributed by atoms with Crippen molar-refractivity contribution in [2.75, 3.05) is 26.3 Å². The molecule has 8 rings (SSSR count). The van der Waals surface area contributed by atoms with E-state index in [0.29, 0.717) is 49.3 Å². The molecule has 2 saturated heterocycles. The lowest BCUT2D eigenvalue weighted by molar-refractivity contribution is -0.172.